The normalized spacial score (nSPS) is 13.5. The highest BCUT2D eigenvalue weighted by atomic mass is 32.1. The van der Waals surface area contributed by atoms with E-state index in [9.17, 15) is 9.59 Å². The van der Waals surface area contributed by atoms with Gasteiger partial charge in [-0.25, -0.2) is 4.98 Å². The Balaban J connectivity index is 1.24. The quantitative estimate of drug-likeness (QED) is 0.554. The van der Waals surface area contributed by atoms with Crippen LogP contribution in [0.15, 0.2) is 60.0 Å². The van der Waals surface area contributed by atoms with Crippen LogP contribution in [-0.2, 0) is 27.2 Å². The summed E-state index contributed by atoms with van der Waals surface area (Å²) in [4.78, 5) is 33.3. The SMILES string of the molecule is CN(CC(=O)Nc1ccc(N2CCOCC2)cc1)C(=O)Cc1csc(Cc2ccccc2)n1. The number of rotatable bonds is 8. The molecule has 2 aromatic carbocycles. The number of hydrogen-bond acceptors (Lipinski definition) is 6. The molecule has 1 fully saturated rings. The molecule has 8 heteroatoms. The average Bonchev–Trinajstić information content (AvgIpc) is 3.27. The van der Waals surface area contributed by atoms with Crippen molar-refractivity contribution in [3.05, 3.63) is 76.2 Å². The van der Waals surface area contributed by atoms with Gasteiger partial charge < -0.3 is 19.9 Å². The van der Waals surface area contributed by atoms with E-state index < -0.39 is 0 Å². The van der Waals surface area contributed by atoms with Crippen LogP contribution in [0.25, 0.3) is 0 Å². The van der Waals surface area contributed by atoms with E-state index in [1.54, 1.807) is 18.4 Å². The van der Waals surface area contributed by atoms with Crippen LogP contribution in [-0.4, -0.2) is 61.6 Å². The molecule has 3 aromatic rings. The van der Waals surface area contributed by atoms with Crippen LogP contribution in [0, 0.1) is 0 Å². The van der Waals surface area contributed by atoms with Crippen LogP contribution in [0.5, 0.6) is 0 Å². The summed E-state index contributed by atoms with van der Waals surface area (Å²) >= 11 is 1.55. The summed E-state index contributed by atoms with van der Waals surface area (Å²) in [6.45, 7) is 3.18. The topological polar surface area (TPSA) is 74.8 Å². The Morgan fingerprint density at radius 2 is 1.82 bits per heavy atom. The lowest BCUT2D eigenvalue weighted by Crippen LogP contribution is -2.36. The van der Waals surface area contributed by atoms with Gasteiger partial charge in [0.1, 0.15) is 0 Å². The number of benzene rings is 2. The van der Waals surface area contributed by atoms with Gasteiger partial charge in [-0.1, -0.05) is 30.3 Å². The standard InChI is InChI=1S/C25H28N4O3S/c1-28(25(31)16-21-18-33-24(27-21)15-19-5-3-2-4-6-19)17-23(30)26-20-7-9-22(10-8-20)29-11-13-32-14-12-29/h2-10,18H,11-17H2,1H3,(H,26,30). The molecule has 0 atom stereocenters. The number of likely N-dealkylation sites (N-methyl/N-ethyl adjacent to an activating group) is 1. The maximum Gasteiger partial charge on any atom is 0.243 e. The number of nitrogens with one attached hydrogen (secondary N) is 1. The Bertz CT molecular complexity index is 1060. The van der Waals surface area contributed by atoms with Crippen LogP contribution < -0.4 is 10.2 Å². The fourth-order valence-corrected chi connectivity index (χ4v) is 4.48. The van der Waals surface area contributed by atoms with Gasteiger partial charge in [0.05, 0.1) is 36.9 Å². The third-order valence-electron chi connectivity index (χ3n) is 5.46. The molecule has 0 unspecified atom stereocenters. The number of thiazole rings is 1. The first-order chi connectivity index (χ1) is 16.1. The number of aromatic nitrogens is 1. The van der Waals surface area contributed by atoms with Crippen LogP contribution in [0.3, 0.4) is 0 Å². The maximum absolute atomic E-state index is 12.6. The first-order valence-corrected chi connectivity index (χ1v) is 11.9. The highest BCUT2D eigenvalue weighted by Crippen LogP contribution is 2.19. The Morgan fingerprint density at radius 3 is 2.55 bits per heavy atom. The monoisotopic (exact) mass is 464 g/mol. The minimum absolute atomic E-state index is 0.00887. The van der Waals surface area contributed by atoms with Crippen LogP contribution in [0.1, 0.15) is 16.3 Å². The van der Waals surface area contributed by atoms with E-state index in [1.165, 1.54) is 10.5 Å². The molecule has 0 saturated carbocycles. The van der Waals surface area contributed by atoms with Crippen molar-refractivity contribution in [1.29, 1.82) is 0 Å². The van der Waals surface area contributed by atoms with Gasteiger partial charge in [0.2, 0.25) is 11.8 Å². The van der Waals surface area contributed by atoms with Crippen molar-refractivity contribution in [3.63, 3.8) is 0 Å². The molecule has 4 rings (SSSR count). The predicted octanol–water partition coefficient (Wildman–Crippen LogP) is 3.21. The van der Waals surface area contributed by atoms with E-state index in [4.69, 9.17) is 4.74 Å². The van der Waals surface area contributed by atoms with Crippen molar-refractivity contribution < 1.29 is 14.3 Å². The highest BCUT2D eigenvalue weighted by molar-refractivity contribution is 7.09. The van der Waals surface area contributed by atoms with Gasteiger partial charge in [-0.3, -0.25) is 9.59 Å². The van der Waals surface area contributed by atoms with E-state index in [0.29, 0.717) is 5.69 Å². The Hall–Kier alpha value is -3.23. The molecule has 0 radical (unpaired) electrons. The van der Waals surface area contributed by atoms with Crippen molar-refractivity contribution in [1.82, 2.24) is 9.88 Å². The summed E-state index contributed by atoms with van der Waals surface area (Å²) in [5.74, 6) is -0.364. The fourth-order valence-electron chi connectivity index (χ4n) is 3.65. The van der Waals surface area contributed by atoms with Gasteiger partial charge in [-0.2, -0.15) is 0 Å². The zero-order chi connectivity index (χ0) is 23.0. The second-order valence-corrected chi connectivity index (χ2v) is 8.96. The van der Waals surface area contributed by atoms with E-state index in [1.807, 2.05) is 47.8 Å². The fraction of sp³-hybridized carbons (Fsp3) is 0.320. The summed E-state index contributed by atoms with van der Waals surface area (Å²) in [6, 6.07) is 17.9. The number of ether oxygens (including phenoxy) is 1. The number of hydrogen-bond donors (Lipinski definition) is 1. The van der Waals surface area contributed by atoms with E-state index >= 15 is 0 Å². The second-order valence-electron chi connectivity index (χ2n) is 8.02. The van der Waals surface area contributed by atoms with E-state index in [2.05, 4.69) is 27.3 Å². The van der Waals surface area contributed by atoms with Gasteiger partial charge >= 0.3 is 0 Å². The molecule has 33 heavy (non-hydrogen) atoms. The molecule has 172 valence electrons. The molecule has 1 aromatic heterocycles. The molecule has 0 aliphatic carbocycles. The Kier molecular flexibility index (Phi) is 7.70. The van der Waals surface area contributed by atoms with Gasteiger partial charge in [-0.05, 0) is 29.8 Å². The first kappa shape index (κ1) is 22.9. The number of carbonyl (C=O) groups is 2. The van der Waals surface area contributed by atoms with Crippen molar-refractivity contribution in [2.45, 2.75) is 12.8 Å². The van der Waals surface area contributed by atoms with Gasteiger partial charge in [0.15, 0.2) is 0 Å². The average molecular weight is 465 g/mol. The van der Waals surface area contributed by atoms with Crippen LogP contribution >= 0.6 is 11.3 Å². The summed E-state index contributed by atoms with van der Waals surface area (Å²) in [7, 11) is 1.64. The number of carbonyl (C=O) groups excluding carboxylic acids is 2. The summed E-state index contributed by atoms with van der Waals surface area (Å²) in [5, 5.41) is 5.76. The molecular weight excluding hydrogens is 436 g/mol. The predicted molar refractivity (Wildman–Crippen MR) is 131 cm³/mol. The maximum atomic E-state index is 12.6. The van der Waals surface area contributed by atoms with E-state index in [-0.39, 0.29) is 24.8 Å². The Morgan fingerprint density at radius 1 is 1.09 bits per heavy atom. The molecule has 0 bridgehead atoms. The minimum Gasteiger partial charge on any atom is -0.378 e. The van der Waals surface area contributed by atoms with Crippen LogP contribution in [0.4, 0.5) is 11.4 Å². The highest BCUT2D eigenvalue weighted by Gasteiger charge is 2.16. The minimum atomic E-state index is -0.229. The first-order valence-electron chi connectivity index (χ1n) is 11.0. The molecule has 2 heterocycles. The number of nitrogens with zero attached hydrogens (tertiary/aromatic N) is 3. The largest absolute Gasteiger partial charge is 0.378 e. The summed E-state index contributed by atoms with van der Waals surface area (Å²) in [5.41, 5.74) is 3.75. The smallest absolute Gasteiger partial charge is 0.243 e. The van der Waals surface area contributed by atoms with E-state index in [0.717, 1.165) is 49.1 Å². The summed E-state index contributed by atoms with van der Waals surface area (Å²) in [6.07, 6.45) is 0.936. The molecule has 2 amide bonds. The van der Waals surface area contributed by atoms with Crippen LogP contribution in [0.2, 0.25) is 0 Å². The molecule has 7 nitrogen and oxygen atoms in total. The third-order valence-corrected chi connectivity index (χ3v) is 6.36. The lowest BCUT2D eigenvalue weighted by Gasteiger charge is -2.28. The number of amides is 2. The van der Waals surface area contributed by atoms with Gasteiger partial charge in [-0.15, -0.1) is 11.3 Å². The number of morpholine rings is 1. The van der Waals surface area contributed by atoms with Gasteiger partial charge in [0, 0.05) is 43.3 Å². The molecule has 1 saturated heterocycles. The van der Waals surface area contributed by atoms with Crippen molar-refractivity contribution in [3.8, 4) is 0 Å². The third kappa shape index (κ3) is 6.63. The second kappa shape index (κ2) is 11.1. The number of anilines is 2. The van der Waals surface area contributed by atoms with Crippen molar-refractivity contribution in [2.75, 3.05) is 50.1 Å². The molecular formula is C25H28N4O3S. The van der Waals surface area contributed by atoms with Crippen molar-refractivity contribution >= 4 is 34.5 Å². The molecule has 1 aliphatic rings. The summed E-state index contributed by atoms with van der Waals surface area (Å²) < 4.78 is 5.38. The zero-order valence-corrected chi connectivity index (χ0v) is 19.5. The Labute approximate surface area is 198 Å². The van der Waals surface area contributed by atoms with Gasteiger partial charge in [0.25, 0.3) is 0 Å². The molecule has 1 N–H and O–H groups in total. The lowest BCUT2D eigenvalue weighted by molar-refractivity contribution is -0.132. The lowest BCUT2D eigenvalue weighted by atomic mass is 10.2. The molecule has 1 aliphatic heterocycles. The zero-order valence-electron chi connectivity index (χ0n) is 18.7. The molecule has 0 spiro atoms. The van der Waals surface area contributed by atoms with Crippen molar-refractivity contribution in [2.24, 2.45) is 0 Å².